The molecule has 0 N–H and O–H groups in total. The zero-order chi connectivity index (χ0) is 26.4. The molecule has 5 aromatic rings. The number of nitrogens with zero attached hydrogens (tertiary/aromatic N) is 3. The van der Waals surface area contributed by atoms with Crippen molar-refractivity contribution < 1.29 is 23.5 Å². The van der Waals surface area contributed by atoms with E-state index in [4.69, 9.17) is 18.7 Å². The van der Waals surface area contributed by atoms with Crippen LogP contribution in [0.3, 0.4) is 0 Å². The molecule has 3 heterocycles. The highest BCUT2D eigenvalue weighted by Gasteiger charge is 2.22. The van der Waals surface area contributed by atoms with Crippen molar-refractivity contribution in [2.24, 2.45) is 0 Å². The zero-order valence-corrected chi connectivity index (χ0v) is 21.0. The number of carbonyl (C=O) groups excluding carboxylic acids is 1. The fourth-order valence-electron chi connectivity index (χ4n) is 4.31. The lowest BCUT2D eigenvalue weighted by atomic mass is 10.1. The second kappa shape index (κ2) is 11.1. The van der Waals surface area contributed by atoms with Crippen LogP contribution in [0.2, 0.25) is 0 Å². The van der Waals surface area contributed by atoms with Crippen LogP contribution in [0.4, 0.5) is 0 Å². The van der Waals surface area contributed by atoms with Gasteiger partial charge in [-0.25, -0.2) is 0 Å². The first kappa shape index (κ1) is 24.2. The molecule has 1 amide bonds. The lowest BCUT2D eigenvalue weighted by Crippen LogP contribution is -2.30. The van der Waals surface area contributed by atoms with Crippen molar-refractivity contribution >= 4 is 5.91 Å². The van der Waals surface area contributed by atoms with E-state index in [1.54, 1.807) is 17.2 Å². The number of carbonyl (C=O) groups is 1. The minimum Gasteiger partial charge on any atom is -0.489 e. The van der Waals surface area contributed by atoms with Crippen molar-refractivity contribution in [3.05, 3.63) is 126 Å². The highest BCUT2D eigenvalue weighted by molar-refractivity contribution is 5.92. The van der Waals surface area contributed by atoms with Gasteiger partial charge in [0.05, 0.1) is 12.2 Å². The Morgan fingerprint density at radius 3 is 2.56 bits per heavy atom. The van der Waals surface area contributed by atoms with Crippen molar-refractivity contribution in [3.63, 3.8) is 0 Å². The number of rotatable bonds is 9. The van der Waals surface area contributed by atoms with Gasteiger partial charge in [0.2, 0.25) is 12.6 Å². The molecule has 0 radical (unpaired) electrons. The number of hydrogen-bond acceptors (Lipinski definition) is 7. The van der Waals surface area contributed by atoms with Gasteiger partial charge in [0.15, 0.2) is 11.5 Å². The highest BCUT2D eigenvalue weighted by atomic mass is 16.7. The van der Waals surface area contributed by atoms with Gasteiger partial charge in [-0.05, 0) is 47.5 Å². The quantitative estimate of drug-likeness (QED) is 0.240. The van der Waals surface area contributed by atoms with Crippen LogP contribution in [0.5, 0.6) is 17.2 Å². The zero-order valence-electron chi connectivity index (χ0n) is 21.0. The third kappa shape index (κ3) is 5.75. The summed E-state index contributed by atoms with van der Waals surface area (Å²) in [6, 6.07) is 30.4. The molecule has 0 unspecified atom stereocenters. The summed E-state index contributed by atoms with van der Waals surface area (Å²) < 4.78 is 22.4. The number of hydrogen-bond donors (Lipinski definition) is 0. The third-order valence-electron chi connectivity index (χ3n) is 6.27. The molecule has 8 heteroatoms. The second-order valence-corrected chi connectivity index (χ2v) is 9.05. The maximum atomic E-state index is 13.6. The average Bonchev–Trinajstić information content (AvgIpc) is 3.67. The summed E-state index contributed by atoms with van der Waals surface area (Å²) in [4.78, 5) is 19.7. The van der Waals surface area contributed by atoms with Gasteiger partial charge in [-0.3, -0.25) is 9.78 Å². The average molecular weight is 520 g/mol. The number of fused-ring (bicyclic) bond motifs is 1. The van der Waals surface area contributed by atoms with Crippen molar-refractivity contribution in [2.45, 2.75) is 19.7 Å². The third-order valence-corrected chi connectivity index (χ3v) is 6.27. The largest absolute Gasteiger partial charge is 0.489 e. The van der Waals surface area contributed by atoms with Crippen LogP contribution >= 0.6 is 0 Å². The summed E-state index contributed by atoms with van der Waals surface area (Å²) in [5.41, 5.74) is 4.13. The van der Waals surface area contributed by atoms with E-state index in [0.717, 1.165) is 33.9 Å². The van der Waals surface area contributed by atoms with Crippen LogP contribution < -0.4 is 14.2 Å². The van der Waals surface area contributed by atoms with Crippen LogP contribution in [0.15, 0.2) is 108 Å². The minimum absolute atomic E-state index is 0.167. The number of ether oxygens (including phenoxy) is 3. The monoisotopic (exact) mass is 519 g/mol. The Morgan fingerprint density at radius 2 is 1.69 bits per heavy atom. The SMILES string of the molecule is O=C(c1cc(-c2ccccc2)no1)N(Cc1cccc(OCc2ccc3c(c2)OCO3)c1)Cc1ccccn1. The van der Waals surface area contributed by atoms with Gasteiger partial charge in [0.25, 0.3) is 5.91 Å². The topological polar surface area (TPSA) is 86.9 Å². The maximum Gasteiger partial charge on any atom is 0.293 e. The van der Waals surface area contributed by atoms with Gasteiger partial charge >= 0.3 is 0 Å². The molecular weight excluding hydrogens is 494 g/mol. The lowest BCUT2D eigenvalue weighted by Gasteiger charge is -2.21. The van der Waals surface area contributed by atoms with Crippen LogP contribution in [0.25, 0.3) is 11.3 Å². The van der Waals surface area contributed by atoms with Gasteiger partial charge in [-0.15, -0.1) is 0 Å². The Kier molecular flexibility index (Phi) is 6.90. The number of pyridine rings is 1. The Morgan fingerprint density at radius 1 is 0.821 bits per heavy atom. The molecule has 0 atom stereocenters. The second-order valence-electron chi connectivity index (χ2n) is 9.05. The molecule has 0 saturated carbocycles. The molecule has 8 nitrogen and oxygen atoms in total. The first-order valence-corrected chi connectivity index (χ1v) is 12.5. The van der Waals surface area contributed by atoms with E-state index in [0.29, 0.717) is 31.1 Å². The molecule has 0 aliphatic carbocycles. The van der Waals surface area contributed by atoms with Crippen molar-refractivity contribution in [1.29, 1.82) is 0 Å². The van der Waals surface area contributed by atoms with Gasteiger partial charge < -0.3 is 23.6 Å². The normalized spacial score (nSPS) is 11.8. The highest BCUT2D eigenvalue weighted by Crippen LogP contribution is 2.33. The predicted octanol–water partition coefficient (Wildman–Crippen LogP) is 5.89. The summed E-state index contributed by atoms with van der Waals surface area (Å²) >= 11 is 0. The van der Waals surface area contributed by atoms with Crippen LogP contribution in [0.1, 0.15) is 27.4 Å². The van der Waals surface area contributed by atoms with E-state index < -0.39 is 0 Å². The number of benzene rings is 3. The first-order chi connectivity index (χ1) is 19.2. The molecule has 194 valence electrons. The molecule has 0 bridgehead atoms. The summed E-state index contributed by atoms with van der Waals surface area (Å²) in [7, 11) is 0. The fourth-order valence-corrected chi connectivity index (χ4v) is 4.31. The van der Waals surface area contributed by atoms with Gasteiger partial charge in [0.1, 0.15) is 18.1 Å². The fraction of sp³-hybridized carbons (Fsp3) is 0.129. The Hall–Kier alpha value is -5.11. The number of amides is 1. The molecule has 1 aliphatic heterocycles. The van der Waals surface area contributed by atoms with E-state index in [-0.39, 0.29) is 18.5 Å². The Balaban J connectivity index is 1.19. The van der Waals surface area contributed by atoms with Crippen molar-refractivity contribution in [2.75, 3.05) is 6.79 Å². The van der Waals surface area contributed by atoms with E-state index in [1.165, 1.54) is 0 Å². The van der Waals surface area contributed by atoms with E-state index in [9.17, 15) is 4.79 Å². The summed E-state index contributed by atoms with van der Waals surface area (Å²) in [6.07, 6.45) is 1.71. The minimum atomic E-state index is -0.276. The first-order valence-electron chi connectivity index (χ1n) is 12.5. The van der Waals surface area contributed by atoms with Crippen LogP contribution in [-0.2, 0) is 19.7 Å². The maximum absolute atomic E-state index is 13.6. The molecule has 0 saturated heterocycles. The lowest BCUT2D eigenvalue weighted by molar-refractivity contribution is 0.0685. The molecule has 6 rings (SSSR count). The van der Waals surface area contributed by atoms with Gasteiger partial charge in [0, 0.05) is 24.4 Å². The van der Waals surface area contributed by atoms with Gasteiger partial charge in [-0.1, -0.05) is 59.8 Å². The summed E-state index contributed by atoms with van der Waals surface area (Å²) in [6.45, 7) is 1.25. The van der Waals surface area contributed by atoms with Crippen LogP contribution in [-0.4, -0.2) is 27.7 Å². The molecule has 1 aliphatic rings. The van der Waals surface area contributed by atoms with E-state index in [1.807, 2.05) is 91.0 Å². The summed E-state index contributed by atoms with van der Waals surface area (Å²) in [5, 5.41) is 4.12. The molecular formula is C31H25N3O5. The van der Waals surface area contributed by atoms with Crippen molar-refractivity contribution in [3.8, 4) is 28.5 Å². The molecule has 3 aromatic carbocycles. The van der Waals surface area contributed by atoms with E-state index in [2.05, 4.69) is 10.1 Å². The Bertz CT molecular complexity index is 1570. The Labute approximate surface area is 225 Å². The summed E-state index contributed by atoms with van der Waals surface area (Å²) in [5.74, 6) is 2.04. The molecule has 2 aromatic heterocycles. The predicted molar refractivity (Wildman–Crippen MR) is 143 cm³/mol. The standard InChI is InChI=1S/C31H25N3O5/c35-31(30-17-27(33-39-30)24-8-2-1-3-9-24)34(19-25-10-4-5-14-32-25)18-22-7-6-11-26(15-22)36-20-23-12-13-28-29(16-23)38-21-37-28/h1-17H,18-21H2. The van der Waals surface area contributed by atoms with Gasteiger partial charge in [-0.2, -0.15) is 0 Å². The molecule has 39 heavy (non-hydrogen) atoms. The molecule has 0 fully saturated rings. The number of aromatic nitrogens is 2. The smallest absolute Gasteiger partial charge is 0.293 e. The molecule has 0 spiro atoms. The van der Waals surface area contributed by atoms with Crippen molar-refractivity contribution in [1.82, 2.24) is 15.0 Å². The van der Waals surface area contributed by atoms with Crippen LogP contribution in [0, 0.1) is 0 Å². The van der Waals surface area contributed by atoms with E-state index >= 15 is 0 Å².